The van der Waals surface area contributed by atoms with Gasteiger partial charge in [0, 0.05) is 30.9 Å². The zero-order valence-corrected chi connectivity index (χ0v) is 15.0. The van der Waals surface area contributed by atoms with E-state index < -0.39 is 6.09 Å². The molecule has 8 nitrogen and oxygen atoms in total. The lowest BCUT2D eigenvalue weighted by atomic mass is 9.94. The zero-order chi connectivity index (χ0) is 18.5. The Balaban J connectivity index is 1.64. The van der Waals surface area contributed by atoms with Crippen LogP contribution in [0.1, 0.15) is 38.1 Å². The summed E-state index contributed by atoms with van der Waals surface area (Å²) < 4.78 is 4.82. The lowest BCUT2D eigenvalue weighted by Crippen LogP contribution is -2.31. The fraction of sp³-hybridized carbons (Fsp3) is 0.444. The second-order valence-electron chi connectivity index (χ2n) is 6.30. The molecule has 0 saturated carbocycles. The summed E-state index contributed by atoms with van der Waals surface area (Å²) in [6, 6.07) is 5.94. The predicted molar refractivity (Wildman–Crippen MR) is 97.9 cm³/mol. The molecule has 0 aliphatic carbocycles. The van der Waals surface area contributed by atoms with Gasteiger partial charge in [0.05, 0.1) is 23.4 Å². The third-order valence-electron chi connectivity index (χ3n) is 4.22. The first-order valence-corrected chi connectivity index (χ1v) is 8.83. The van der Waals surface area contributed by atoms with Gasteiger partial charge in [-0.15, -0.1) is 0 Å². The minimum Gasteiger partial charge on any atom is -0.450 e. The molecule has 3 rings (SSSR count). The number of aromatic amines is 1. The van der Waals surface area contributed by atoms with E-state index in [0.717, 1.165) is 41.0 Å². The zero-order valence-electron chi connectivity index (χ0n) is 15.0. The highest BCUT2D eigenvalue weighted by molar-refractivity contribution is 6.07. The number of alkyl carbamates (subject to hydrolysis) is 1. The number of amides is 2. The van der Waals surface area contributed by atoms with E-state index >= 15 is 0 Å². The van der Waals surface area contributed by atoms with E-state index in [2.05, 4.69) is 25.8 Å². The first-order valence-electron chi connectivity index (χ1n) is 8.83. The van der Waals surface area contributed by atoms with Crippen molar-refractivity contribution in [2.24, 2.45) is 11.0 Å². The predicted octanol–water partition coefficient (Wildman–Crippen LogP) is 2.10. The molecule has 2 heterocycles. The summed E-state index contributed by atoms with van der Waals surface area (Å²) in [7, 11) is 0. The van der Waals surface area contributed by atoms with Crippen molar-refractivity contribution in [3.8, 4) is 0 Å². The number of imidazole rings is 1. The van der Waals surface area contributed by atoms with Crippen LogP contribution in [0, 0.1) is 5.92 Å². The van der Waals surface area contributed by atoms with Crippen LogP contribution < -0.4 is 10.7 Å². The van der Waals surface area contributed by atoms with Crippen LogP contribution in [0.3, 0.4) is 0 Å². The highest BCUT2D eigenvalue weighted by Gasteiger charge is 2.21. The smallest absolute Gasteiger partial charge is 0.407 e. The molecule has 26 heavy (non-hydrogen) atoms. The van der Waals surface area contributed by atoms with Crippen molar-refractivity contribution in [2.45, 2.75) is 33.1 Å². The molecular formula is C18H23N5O3. The summed E-state index contributed by atoms with van der Waals surface area (Å²) in [4.78, 5) is 30.5. The maximum Gasteiger partial charge on any atom is 0.407 e. The number of hydrazone groups is 1. The molecule has 138 valence electrons. The second kappa shape index (κ2) is 7.99. The number of rotatable bonds is 6. The molecule has 2 aromatic rings. The topological polar surface area (TPSA) is 108 Å². The highest BCUT2D eigenvalue weighted by atomic mass is 16.5. The lowest BCUT2D eigenvalue weighted by Gasteiger charge is -2.18. The van der Waals surface area contributed by atoms with Crippen molar-refractivity contribution in [1.82, 2.24) is 20.7 Å². The van der Waals surface area contributed by atoms with Gasteiger partial charge in [-0.1, -0.05) is 13.0 Å². The first kappa shape index (κ1) is 17.9. The van der Waals surface area contributed by atoms with E-state index in [0.29, 0.717) is 19.6 Å². The summed E-state index contributed by atoms with van der Waals surface area (Å²) in [5, 5.41) is 6.89. The Morgan fingerprint density at radius 1 is 1.42 bits per heavy atom. The van der Waals surface area contributed by atoms with Crippen molar-refractivity contribution in [3.05, 3.63) is 29.6 Å². The number of nitrogens with zero attached hydrogens (tertiary/aromatic N) is 2. The van der Waals surface area contributed by atoms with Gasteiger partial charge in [-0.3, -0.25) is 4.79 Å². The molecule has 3 N–H and O–H groups in total. The fourth-order valence-corrected chi connectivity index (χ4v) is 2.97. The van der Waals surface area contributed by atoms with E-state index in [1.54, 1.807) is 6.92 Å². The third-order valence-corrected chi connectivity index (χ3v) is 4.22. The minimum atomic E-state index is -0.392. The van der Waals surface area contributed by atoms with E-state index in [1.165, 1.54) is 0 Å². The standard InChI is InChI=1S/C18H23N5O3/c1-3-26-18(25)19-8-4-5-15-20-13-7-6-12(10-14(13)21-15)17-11(2)9-16(24)22-23-17/h6-7,10-11H,3-5,8-9H2,1-2H3,(H,19,25)(H,20,21)(H,22,24). The molecule has 0 fully saturated rings. The summed E-state index contributed by atoms with van der Waals surface area (Å²) >= 11 is 0. The molecule has 0 saturated heterocycles. The van der Waals surface area contributed by atoms with Gasteiger partial charge in [-0.05, 0) is 25.5 Å². The maximum atomic E-state index is 11.4. The van der Waals surface area contributed by atoms with Crippen LogP contribution in [0.15, 0.2) is 23.3 Å². The average Bonchev–Trinajstić information content (AvgIpc) is 3.01. The van der Waals surface area contributed by atoms with Gasteiger partial charge in [0.2, 0.25) is 5.91 Å². The monoisotopic (exact) mass is 357 g/mol. The van der Waals surface area contributed by atoms with Crippen molar-refractivity contribution < 1.29 is 14.3 Å². The number of ether oxygens (including phenoxy) is 1. The van der Waals surface area contributed by atoms with Crippen LogP contribution in [0.2, 0.25) is 0 Å². The summed E-state index contributed by atoms with van der Waals surface area (Å²) in [5.41, 5.74) is 6.21. The van der Waals surface area contributed by atoms with Gasteiger partial charge in [-0.25, -0.2) is 15.2 Å². The van der Waals surface area contributed by atoms with E-state index in [4.69, 9.17) is 4.74 Å². The Hall–Kier alpha value is -2.90. The van der Waals surface area contributed by atoms with E-state index in [9.17, 15) is 9.59 Å². The Morgan fingerprint density at radius 3 is 3.04 bits per heavy atom. The molecule has 1 aromatic heterocycles. The van der Waals surface area contributed by atoms with Crippen LogP contribution in [-0.4, -0.2) is 40.8 Å². The van der Waals surface area contributed by atoms with Crippen molar-refractivity contribution in [3.63, 3.8) is 0 Å². The normalized spacial score (nSPS) is 16.9. The maximum absolute atomic E-state index is 11.4. The number of nitrogens with one attached hydrogen (secondary N) is 3. The van der Waals surface area contributed by atoms with Crippen LogP contribution >= 0.6 is 0 Å². The van der Waals surface area contributed by atoms with Crippen molar-refractivity contribution in [2.75, 3.05) is 13.2 Å². The number of aromatic nitrogens is 2. The quantitative estimate of drug-likeness (QED) is 0.688. The SMILES string of the molecule is CCOC(=O)NCCCc1nc2ccc(C3=NNC(=O)CC3C)cc2[nH]1. The molecule has 8 heteroatoms. The third kappa shape index (κ3) is 4.19. The van der Waals surface area contributed by atoms with Gasteiger partial charge < -0.3 is 15.0 Å². The Kier molecular flexibility index (Phi) is 5.50. The van der Waals surface area contributed by atoms with Gasteiger partial charge >= 0.3 is 6.09 Å². The minimum absolute atomic E-state index is 0.0532. The number of fused-ring (bicyclic) bond motifs is 1. The number of H-pyrrole nitrogens is 1. The van der Waals surface area contributed by atoms with Crippen molar-refractivity contribution >= 4 is 28.7 Å². The molecule has 0 bridgehead atoms. The number of carbonyl (C=O) groups excluding carboxylic acids is 2. The molecular weight excluding hydrogens is 334 g/mol. The largest absolute Gasteiger partial charge is 0.450 e. The van der Waals surface area contributed by atoms with Gasteiger partial charge in [0.15, 0.2) is 0 Å². The Morgan fingerprint density at radius 2 is 2.27 bits per heavy atom. The number of aryl methyl sites for hydroxylation is 1. The molecule has 1 atom stereocenters. The number of benzene rings is 1. The van der Waals surface area contributed by atoms with Gasteiger partial charge in [0.25, 0.3) is 0 Å². The first-order chi connectivity index (χ1) is 12.6. The lowest BCUT2D eigenvalue weighted by molar-refractivity contribution is -0.121. The van der Waals surface area contributed by atoms with Gasteiger partial charge in [-0.2, -0.15) is 5.10 Å². The van der Waals surface area contributed by atoms with E-state index in [1.807, 2.05) is 25.1 Å². The van der Waals surface area contributed by atoms with Crippen LogP contribution in [0.4, 0.5) is 4.79 Å². The number of hydrogen-bond acceptors (Lipinski definition) is 5. The molecule has 0 radical (unpaired) electrons. The Bertz CT molecular complexity index is 842. The van der Waals surface area contributed by atoms with E-state index in [-0.39, 0.29) is 11.8 Å². The molecule has 1 aromatic carbocycles. The number of carbonyl (C=O) groups is 2. The Labute approximate surface area is 151 Å². The highest BCUT2D eigenvalue weighted by Crippen LogP contribution is 2.20. The fourth-order valence-electron chi connectivity index (χ4n) is 2.97. The average molecular weight is 357 g/mol. The van der Waals surface area contributed by atoms with Gasteiger partial charge in [0.1, 0.15) is 5.82 Å². The molecule has 1 unspecified atom stereocenters. The van der Waals surface area contributed by atoms with Crippen LogP contribution in [0.25, 0.3) is 11.0 Å². The van der Waals surface area contributed by atoms with Crippen LogP contribution in [-0.2, 0) is 16.0 Å². The molecule has 2 amide bonds. The number of hydrogen-bond donors (Lipinski definition) is 3. The van der Waals surface area contributed by atoms with Crippen LogP contribution in [0.5, 0.6) is 0 Å². The molecule has 1 aliphatic rings. The summed E-state index contributed by atoms with van der Waals surface area (Å²) in [6.07, 6.45) is 1.54. The molecule has 0 spiro atoms. The summed E-state index contributed by atoms with van der Waals surface area (Å²) in [6.45, 7) is 4.67. The summed E-state index contributed by atoms with van der Waals surface area (Å²) in [5.74, 6) is 0.898. The second-order valence-corrected chi connectivity index (χ2v) is 6.30. The molecule has 1 aliphatic heterocycles. The van der Waals surface area contributed by atoms with Crippen molar-refractivity contribution in [1.29, 1.82) is 0 Å².